The molecular formula is C35H31F6NO5. The number of fused-ring (bicyclic) bond motifs is 4. The highest BCUT2D eigenvalue weighted by Gasteiger charge is 2.57. The minimum Gasteiger partial charge on any atom is -0.507 e. The minimum absolute atomic E-state index is 0.0338. The van der Waals surface area contributed by atoms with Gasteiger partial charge in [-0.15, -0.1) is 0 Å². The summed E-state index contributed by atoms with van der Waals surface area (Å²) in [6.45, 7) is 2.17. The Kier molecular flexibility index (Phi) is 8.46. The number of alkyl halides is 6. The molecule has 0 aromatic heterocycles. The molecule has 12 heteroatoms. The molecule has 0 radical (unpaired) electrons. The molecule has 2 aliphatic heterocycles. The molecule has 1 N–H and O–H groups in total. The summed E-state index contributed by atoms with van der Waals surface area (Å²) in [5.74, 6) is -4.05. The fourth-order valence-corrected chi connectivity index (χ4v) is 7.23. The van der Waals surface area contributed by atoms with Crippen molar-refractivity contribution in [3.8, 4) is 5.75 Å². The second kappa shape index (κ2) is 12.1. The van der Waals surface area contributed by atoms with Crippen molar-refractivity contribution < 1.29 is 50.5 Å². The molecule has 2 heterocycles. The molecule has 248 valence electrons. The van der Waals surface area contributed by atoms with Crippen LogP contribution in [0.2, 0.25) is 0 Å². The van der Waals surface area contributed by atoms with E-state index in [1.165, 1.54) is 7.11 Å². The third-order valence-corrected chi connectivity index (χ3v) is 9.29. The van der Waals surface area contributed by atoms with Crippen LogP contribution in [0.3, 0.4) is 0 Å². The first-order valence-electron chi connectivity index (χ1n) is 15.1. The fraction of sp³-hybridized carbons (Fsp3) is 0.371. The van der Waals surface area contributed by atoms with Crippen molar-refractivity contribution in [1.82, 2.24) is 0 Å². The van der Waals surface area contributed by atoms with Gasteiger partial charge < -0.3 is 14.6 Å². The summed E-state index contributed by atoms with van der Waals surface area (Å²) >= 11 is 0. The highest BCUT2D eigenvalue weighted by Crippen LogP contribution is 2.51. The van der Waals surface area contributed by atoms with Crippen molar-refractivity contribution in [3.63, 3.8) is 0 Å². The van der Waals surface area contributed by atoms with E-state index in [1.807, 2.05) is 43.3 Å². The average molecular weight is 660 g/mol. The number of phenols is 1. The van der Waals surface area contributed by atoms with Gasteiger partial charge in [-0.05, 0) is 72.5 Å². The number of aromatic hydroxyl groups is 1. The number of benzene rings is 3. The van der Waals surface area contributed by atoms with Crippen molar-refractivity contribution in [2.75, 3.05) is 25.2 Å². The van der Waals surface area contributed by atoms with Crippen molar-refractivity contribution in [1.29, 1.82) is 0 Å². The van der Waals surface area contributed by atoms with Crippen LogP contribution >= 0.6 is 0 Å². The summed E-state index contributed by atoms with van der Waals surface area (Å²) in [6.07, 6.45) is -7.46. The Hall–Kier alpha value is -4.16. The molecular weight excluding hydrogens is 628 g/mol. The van der Waals surface area contributed by atoms with Crippen LogP contribution in [0.25, 0.3) is 16.8 Å². The Labute approximate surface area is 266 Å². The summed E-state index contributed by atoms with van der Waals surface area (Å²) in [7, 11) is 1.48. The first kappa shape index (κ1) is 32.8. The number of rotatable bonds is 7. The molecule has 3 aliphatic rings. The predicted molar refractivity (Wildman–Crippen MR) is 161 cm³/mol. The lowest BCUT2D eigenvalue weighted by atomic mass is 9.69. The van der Waals surface area contributed by atoms with E-state index in [2.05, 4.69) is 0 Å². The number of imide groups is 1. The second-order valence-corrected chi connectivity index (χ2v) is 12.3. The van der Waals surface area contributed by atoms with Gasteiger partial charge in [-0.1, -0.05) is 42.0 Å². The lowest BCUT2D eigenvalue weighted by Crippen LogP contribution is -2.35. The lowest BCUT2D eigenvalue weighted by Gasteiger charge is -2.31. The summed E-state index contributed by atoms with van der Waals surface area (Å²) in [6, 6.07) is 11.7. The Bertz CT molecular complexity index is 1780. The Morgan fingerprint density at radius 3 is 2.26 bits per heavy atom. The van der Waals surface area contributed by atoms with Gasteiger partial charge in [0.2, 0.25) is 11.8 Å². The largest absolute Gasteiger partial charge is 0.507 e. The topological polar surface area (TPSA) is 76.1 Å². The zero-order valence-electron chi connectivity index (χ0n) is 25.4. The van der Waals surface area contributed by atoms with Crippen molar-refractivity contribution in [3.05, 3.63) is 88.0 Å². The number of hydrogen-bond acceptors (Lipinski definition) is 5. The van der Waals surface area contributed by atoms with Crippen molar-refractivity contribution in [2.45, 2.75) is 44.6 Å². The van der Waals surface area contributed by atoms with E-state index in [-0.39, 0.29) is 31.5 Å². The van der Waals surface area contributed by atoms with Crippen molar-refractivity contribution in [2.24, 2.45) is 17.8 Å². The van der Waals surface area contributed by atoms with Crippen LogP contribution < -0.4 is 4.90 Å². The van der Waals surface area contributed by atoms with Crippen LogP contribution in [0.4, 0.5) is 32.0 Å². The zero-order chi connectivity index (χ0) is 33.8. The average Bonchev–Trinajstić information content (AvgIpc) is 3.55. The van der Waals surface area contributed by atoms with E-state index in [4.69, 9.17) is 9.47 Å². The third-order valence-electron chi connectivity index (χ3n) is 9.29. The summed E-state index contributed by atoms with van der Waals surface area (Å²) < 4.78 is 93.2. The van der Waals surface area contributed by atoms with Crippen LogP contribution in [0.15, 0.2) is 71.3 Å². The number of methoxy groups -OCH3 is 1. The van der Waals surface area contributed by atoms with Gasteiger partial charge in [0.15, 0.2) is 0 Å². The maximum absolute atomic E-state index is 13.8. The maximum Gasteiger partial charge on any atom is 0.416 e. The molecule has 0 saturated carbocycles. The van der Waals surface area contributed by atoms with E-state index < -0.39 is 64.8 Å². The smallest absolute Gasteiger partial charge is 0.416 e. The van der Waals surface area contributed by atoms with Gasteiger partial charge in [-0.3, -0.25) is 9.59 Å². The standard InChI is InChI=1S/C35H31F6NO5/c1-18(11-19-8-9-28(43)25-6-4-3-5-24(19)25)7-10-29-30-20(16-46-2)12-26-31(27(30)17-47-29)33(45)42(32(26)44)23-14-21(34(36,37)38)13-22(15-23)35(39,40)41/h3-6,8-9,11,13-15,26-27,29,31,43H,7,10,12,16-17H2,1-2H3/b18-11+/t26-,27+,29-,31-/m1/s1. The van der Waals surface area contributed by atoms with Gasteiger partial charge in [-0.25, -0.2) is 4.90 Å². The van der Waals surface area contributed by atoms with E-state index >= 15 is 0 Å². The number of carbonyl (C=O) groups is 2. The maximum atomic E-state index is 13.8. The summed E-state index contributed by atoms with van der Waals surface area (Å²) in [5, 5.41) is 11.9. The molecule has 1 aliphatic carbocycles. The van der Waals surface area contributed by atoms with Crippen LogP contribution in [-0.4, -0.2) is 43.3 Å². The van der Waals surface area contributed by atoms with Crippen molar-refractivity contribution >= 4 is 34.4 Å². The number of nitrogens with zero attached hydrogens (tertiary/aromatic N) is 1. The van der Waals surface area contributed by atoms with Gasteiger partial charge in [0.1, 0.15) is 5.75 Å². The van der Waals surface area contributed by atoms with Gasteiger partial charge in [0, 0.05) is 18.4 Å². The van der Waals surface area contributed by atoms with Crippen LogP contribution in [0, 0.1) is 17.8 Å². The minimum atomic E-state index is -5.14. The molecule has 6 rings (SSSR count). The summed E-state index contributed by atoms with van der Waals surface area (Å²) in [4.78, 5) is 27.9. The molecule has 0 spiro atoms. The predicted octanol–water partition coefficient (Wildman–Crippen LogP) is 7.93. The number of hydrogen-bond donors (Lipinski definition) is 1. The SMILES string of the molecule is COCC1=C2[C@@H](CC/C(C)=C/c3ccc(O)c4ccccc34)OC[C@@H]2[C@@H]2C(=O)N(c3cc(C(F)(F)F)cc(C(F)(F)F)c3)C(=O)[C@@H]2C1. The fourth-order valence-electron chi connectivity index (χ4n) is 7.23. The number of halogens is 6. The van der Waals surface area contributed by atoms with Crippen LogP contribution in [0.1, 0.15) is 42.9 Å². The van der Waals surface area contributed by atoms with Crippen LogP contribution in [0.5, 0.6) is 5.75 Å². The van der Waals surface area contributed by atoms with Crippen LogP contribution in [-0.2, 0) is 31.4 Å². The molecule has 3 aromatic carbocycles. The monoisotopic (exact) mass is 659 g/mol. The Morgan fingerprint density at radius 2 is 1.62 bits per heavy atom. The highest BCUT2D eigenvalue weighted by atomic mass is 19.4. The molecule has 6 nitrogen and oxygen atoms in total. The number of ether oxygens (including phenoxy) is 2. The quantitative estimate of drug-likeness (QED) is 0.158. The van der Waals surface area contributed by atoms with E-state index in [1.54, 1.807) is 6.07 Å². The lowest BCUT2D eigenvalue weighted by molar-refractivity contribution is -0.143. The Balaban J connectivity index is 1.27. The molecule has 4 atom stereocenters. The summed E-state index contributed by atoms with van der Waals surface area (Å²) in [5.41, 5.74) is -0.466. The molecule has 0 bridgehead atoms. The van der Waals surface area contributed by atoms with E-state index in [9.17, 15) is 41.0 Å². The Morgan fingerprint density at radius 1 is 0.957 bits per heavy atom. The second-order valence-electron chi connectivity index (χ2n) is 12.3. The first-order chi connectivity index (χ1) is 22.2. The van der Waals surface area contributed by atoms with Gasteiger partial charge in [-0.2, -0.15) is 26.3 Å². The van der Waals surface area contributed by atoms with E-state index in [0.29, 0.717) is 29.9 Å². The molecule has 47 heavy (non-hydrogen) atoms. The normalized spacial score (nSPS) is 23.6. The number of allylic oxidation sites excluding steroid dienone is 1. The van der Waals surface area contributed by atoms with Gasteiger partial charge in [0.25, 0.3) is 0 Å². The molecule has 0 unspecified atom stereocenters. The highest BCUT2D eigenvalue weighted by molar-refractivity contribution is 6.22. The van der Waals surface area contributed by atoms with E-state index in [0.717, 1.165) is 33.1 Å². The zero-order valence-corrected chi connectivity index (χ0v) is 25.4. The number of phenolic OH excluding ortho intramolecular Hbond substituents is 1. The molecule has 2 amide bonds. The molecule has 2 saturated heterocycles. The number of amides is 2. The molecule has 2 fully saturated rings. The number of anilines is 1. The van der Waals surface area contributed by atoms with Gasteiger partial charge in [0.05, 0.1) is 48.0 Å². The first-order valence-corrected chi connectivity index (χ1v) is 15.1. The third kappa shape index (κ3) is 6.04. The molecule has 3 aromatic rings. The van der Waals surface area contributed by atoms with Gasteiger partial charge >= 0.3 is 12.4 Å². The number of carbonyl (C=O) groups excluding carboxylic acids is 2.